The second-order valence-corrected chi connectivity index (χ2v) is 3.57. The minimum absolute atomic E-state index is 0.155. The largest absolute Gasteiger partial charge is 0.465 e. The fourth-order valence-corrected chi connectivity index (χ4v) is 1.46. The van der Waals surface area contributed by atoms with E-state index in [1.165, 1.54) is 11.8 Å². The molecule has 0 bridgehead atoms. The zero-order chi connectivity index (χ0) is 13.5. The number of hydrogen-bond donors (Lipinski definition) is 0. The van der Waals surface area contributed by atoms with E-state index in [4.69, 9.17) is 10.00 Å². The molecule has 0 fully saturated rings. The number of hydrogen-bond acceptors (Lipinski definition) is 4. The smallest absolute Gasteiger partial charge is 0.326 e. The molecule has 1 rings (SSSR count). The Labute approximate surface area is 106 Å². The molecule has 18 heavy (non-hydrogen) atoms. The van der Waals surface area contributed by atoms with Gasteiger partial charge in [-0.05, 0) is 25.1 Å². The Bertz CT molecular complexity index is 491. The molecule has 0 unspecified atom stereocenters. The SMILES string of the molecule is CCOC(=O)CN(C(C)=O)c1cccc(C#N)c1. The van der Waals surface area contributed by atoms with E-state index in [2.05, 4.69) is 0 Å². The minimum atomic E-state index is -0.477. The van der Waals surface area contributed by atoms with E-state index in [1.807, 2.05) is 6.07 Å². The van der Waals surface area contributed by atoms with Gasteiger partial charge in [-0.25, -0.2) is 0 Å². The fraction of sp³-hybridized carbons (Fsp3) is 0.308. The van der Waals surface area contributed by atoms with Gasteiger partial charge >= 0.3 is 5.97 Å². The number of benzene rings is 1. The van der Waals surface area contributed by atoms with Crippen LogP contribution in [0.1, 0.15) is 19.4 Å². The molecule has 94 valence electrons. The highest BCUT2D eigenvalue weighted by Gasteiger charge is 2.16. The molecule has 0 saturated heterocycles. The van der Waals surface area contributed by atoms with Crippen LogP contribution in [0.15, 0.2) is 24.3 Å². The number of rotatable bonds is 4. The molecule has 0 radical (unpaired) electrons. The van der Waals surface area contributed by atoms with E-state index in [0.717, 1.165) is 0 Å². The third-order valence-corrected chi connectivity index (χ3v) is 2.26. The predicted molar refractivity (Wildman–Crippen MR) is 65.8 cm³/mol. The van der Waals surface area contributed by atoms with Crippen LogP contribution in [0.2, 0.25) is 0 Å². The Morgan fingerprint density at radius 1 is 1.44 bits per heavy atom. The van der Waals surface area contributed by atoms with Crippen LogP contribution in [0.25, 0.3) is 0 Å². The highest BCUT2D eigenvalue weighted by atomic mass is 16.5. The Kier molecular flexibility index (Phi) is 4.88. The highest BCUT2D eigenvalue weighted by molar-refractivity contribution is 5.96. The molecule has 0 spiro atoms. The Morgan fingerprint density at radius 2 is 2.17 bits per heavy atom. The lowest BCUT2D eigenvalue weighted by atomic mass is 10.2. The van der Waals surface area contributed by atoms with E-state index in [-0.39, 0.29) is 19.1 Å². The van der Waals surface area contributed by atoms with E-state index in [0.29, 0.717) is 11.3 Å². The molecule has 0 aliphatic heterocycles. The summed E-state index contributed by atoms with van der Waals surface area (Å²) in [7, 11) is 0. The molecule has 1 aromatic carbocycles. The molecule has 0 aliphatic carbocycles. The van der Waals surface area contributed by atoms with Crippen molar-refractivity contribution in [2.45, 2.75) is 13.8 Å². The zero-order valence-corrected chi connectivity index (χ0v) is 10.3. The number of nitriles is 1. The molecule has 0 aliphatic rings. The van der Waals surface area contributed by atoms with E-state index < -0.39 is 5.97 Å². The molecule has 1 aromatic rings. The maximum Gasteiger partial charge on any atom is 0.326 e. The summed E-state index contributed by atoms with van der Waals surface area (Å²) >= 11 is 0. The summed E-state index contributed by atoms with van der Waals surface area (Å²) in [4.78, 5) is 24.2. The minimum Gasteiger partial charge on any atom is -0.465 e. The second-order valence-electron chi connectivity index (χ2n) is 3.57. The first-order chi connectivity index (χ1) is 8.58. The molecule has 5 nitrogen and oxygen atoms in total. The lowest BCUT2D eigenvalue weighted by Gasteiger charge is -2.20. The van der Waals surface area contributed by atoms with Gasteiger partial charge < -0.3 is 9.64 Å². The number of nitrogens with zero attached hydrogens (tertiary/aromatic N) is 2. The van der Waals surface area contributed by atoms with Gasteiger partial charge in [0.2, 0.25) is 5.91 Å². The highest BCUT2D eigenvalue weighted by Crippen LogP contribution is 2.16. The standard InChI is InChI=1S/C13H14N2O3/c1-3-18-13(17)9-15(10(2)16)12-6-4-5-11(7-12)8-14/h4-7H,3,9H2,1-2H3. The van der Waals surface area contributed by atoms with Gasteiger partial charge in [-0.2, -0.15) is 5.26 Å². The van der Waals surface area contributed by atoms with Gasteiger partial charge in [0.15, 0.2) is 0 Å². The van der Waals surface area contributed by atoms with Gasteiger partial charge in [-0.1, -0.05) is 6.07 Å². The summed E-state index contributed by atoms with van der Waals surface area (Å²) in [6.45, 7) is 3.17. The topological polar surface area (TPSA) is 70.4 Å². The van der Waals surface area contributed by atoms with Gasteiger partial charge in [0.25, 0.3) is 0 Å². The quantitative estimate of drug-likeness (QED) is 0.754. The van der Waals surface area contributed by atoms with Crippen molar-refractivity contribution in [1.82, 2.24) is 0 Å². The van der Waals surface area contributed by atoms with Crippen molar-refractivity contribution in [2.24, 2.45) is 0 Å². The number of carbonyl (C=O) groups is 2. The first kappa shape index (κ1) is 13.7. The van der Waals surface area contributed by atoms with Crippen molar-refractivity contribution in [2.75, 3.05) is 18.1 Å². The lowest BCUT2D eigenvalue weighted by molar-refractivity contribution is -0.142. The summed E-state index contributed by atoms with van der Waals surface area (Å²) in [5, 5.41) is 8.80. The van der Waals surface area contributed by atoms with Gasteiger partial charge in [0, 0.05) is 12.6 Å². The molecule has 0 saturated carbocycles. The third-order valence-electron chi connectivity index (χ3n) is 2.26. The second kappa shape index (κ2) is 6.40. The lowest BCUT2D eigenvalue weighted by Crippen LogP contribution is -2.34. The number of esters is 1. The predicted octanol–water partition coefficient (Wildman–Crippen LogP) is 1.47. The Hall–Kier alpha value is -2.35. The summed E-state index contributed by atoms with van der Waals surface area (Å²) in [6.07, 6.45) is 0. The van der Waals surface area contributed by atoms with Crippen molar-refractivity contribution in [3.63, 3.8) is 0 Å². The Balaban J connectivity index is 2.94. The maximum absolute atomic E-state index is 11.5. The van der Waals surface area contributed by atoms with Gasteiger partial charge in [0.1, 0.15) is 6.54 Å². The molecule has 0 N–H and O–H groups in total. The molecule has 5 heteroatoms. The van der Waals surface area contributed by atoms with Crippen LogP contribution in [0.4, 0.5) is 5.69 Å². The summed E-state index contributed by atoms with van der Waals surface area (Å²) < 4.78 is 4.80. The first-order valence-electron chi connectivity index (χ1n) is 5.52. The fourth-order valence-electron chi connectivity index (χ4n) is 1.46. The summed E-state index contributed by atoms with van der Waals surface area (Å²) in [6, 6.07) is 8.50. The van der Waals surface area contributed by atoms with Crippen molar-refractivity contribution in [3.05, 3.63) is 29.8 Å². The number of amides is 1. The van der Waals surface area contributed by atoms with Gasteiger partial charge in [-0.15, -0.1) is 0 Å². The van der Waals surface area contributed by atoms with Crippen molar-refractivity contribution in [3.8, 4) is 6.07 Å². The normalized spacial score (nSPS) is 9.39. The molecule has 0 atom stereocenters. The maximum atomic E-state index is 11.5. The molecule has 0 heterocycles. The van der Waals surface area contributed by atoms with Crippen LogP contribution in [0.3, 0.4) is 0 Å². The van der Waals surface area contributed by atoms with Crippen LogP contribution in [0.5, 0.6) is 0 Å². The third kappa shape index (κ3) is 3.59. The van der Waals surface area contributed by atoms with Gasteiger partial charge in [0.05, 0.1) is 18.2 Å². The van der Waals surface area contributed by atoms with Crippen LogP contribution in [-0.2, 0) is 14.3 Å². The summed E-state index contributed by atoms with van der Waals surface area (Å²) in [5.41, 5.74) is 0.942. The molecular formula is C13H14N2O3. The number of ether oxygens (including phenoxy) is 1. The van der Waals surface area contributed by atoms with Crippen LogP contribution in [0, 0.1) is 11.3 Å². The molecule has 1 amide bonds. The van der Waals surface area contributed by atoms with Crippen LogP contribution in [-0.4, -0.2) is 25.0 Å². The van der Waals surface area contributed by atoms with E-state index in [1.54, 1.807) is 31.2 Å². The van der Waals surface area contributed by atoms with E-state index in [9.17, 15) is 9.59 Å². The average Bonchev–Trinajstić information content (AvgIpc) is 2.36. The zero-order valence-electron chi connectivity index (χ0n) is 10.3. The van der Waals surface area contributed by atoms with E-state index >= 15 is 0 Å². The van der Waals surface area contributed by atoms with Gasteiger partial charge in [-0.3, -0.25) is 9.59 Å². The Morgan fingerprint density at radius 3 is 2.72 bits per heavy atom. The van der Waals surface area contributed by atoms with Crippen LogP contribution < -0.4 is 4.90 Å². The van der Waals surface area contributed by atoms with Crippen LogP contribution >= 0.6 is 0 Å². The monoisotopic (exact) mass is 246 g/mol. The first-order valence-corrected chi connectivity index (χ1v) is 5.52. The average molecular weight is 246 g/mol. The summed E-state index contributed by atoms with van der Waals surface area (Å²) in [5.74, 6) is -0.756. The number of carbonyl (C=O) groups excluding carboxylic acids is 2. The van der Waals surface area contributed by atoms with Crippen molar-refractivity contribution in [1.29, 1.82) is 5.26 Å². The number of anilines is 1. The van der Waals surface area contributed by atoms with Crippen molar-refractivity contribution >= 4 is 17.6 Å². The van der Waals surface area contributed by atoms with Crippen molar-refractivity contribution < 1.29 is 14.3 Å². The molecule has 0 aromatic heterocycles. The molecular weight excluding hydrogens is 232 g/mol.